The second-order valence-electron chi connectivity index (χ2n) is 4.31. The summed E-state index contributed by atoms with van der Waals surface area (Å²) in [6.45, 7) is 0. The van der Waals surface area contributed by atoms with Gasteiger partial charge in [-0.3, -0.25) is 15.0 Å². The standard InChI is InChI=1S/C15H13N3O2/c1-20-15-12(3-2-8-16-15)10-4-6-11(7-5-10)13-9-14(19)18-17-13/h2-9H,1H3,(H2,17,18,19). The summed E-state index contributed by atoms with van der Waals surface area (Å²) in [6, 6.07) is 13.2. The summed E-state index contributed by atoms with van der Waals surface area (Å²) >= 11 is 0. The molecule has 0 saturated carbocycles. The van der Waals surface area contributed by atoms with Gasteiger partial charge in [-0.1, -0.05) is 24.3 Å². The number of benzene rings is 1. The van der Waals surface area contributed by atoms with Crippen LogP contribution < -0.4 is 10.3 Å². The van der Waals surface area contributed by atoms with E-state index in [2.05, 4.69) is 15.2 Å². The third-order valence-corrected chi connectivity index (χ3v) is 3.07. The zero-order valence-electron chi connectivity index (χ0n) is 10.9. The molecule has 100 valence electrons. The van der Waals surface area contributed by atoms with Gasteiger partial charge in [-0.25, -0.2) is 4.98 Å². The lowest BCUT2D eigenvalue weighted by atomic mass is 10.0. The average molecular weight is 267 g/mol. The van der Waals surface area contributed by atoms with Gasteiger partial charge in [0.05, 0.1) is 12.8 Å². The van der Waals surface area contributed by atoms with Gasteiger partial charge in [-0.15, -0.1) is 0 Å². The molecule has 0 bridgehead atoms. The Morgan fingerprint density at radius 2 is 1.80 bits per heavy atom. The highest BCUT2D eigenvalue weighted by atomic mass is 16.5. The summed E-state index contributed by atoms with van der Waals surface area (Å²) in [4.78, 5) is 15.3. The third kappa shape index (κ3) is 2.21. The fourth-order valence-corrected chi connectivity index (χ4v) is 2.09. The highest BCUT2D eigenvalue weighted by Crippen LogP contribution is 2.28. The van der Waals surface area contributed by atoms with Gasteiger partial charge in [0.2, 0.25) is 5.88 Å². The van der Waals surface area contributed by atoms with E-state index in [9.17, 15) is 4.79 Å². The molecule has 0 saturated heterocycles. The lowest BCUT2D eigenvalue weighted by Gasteiger charge is -2.07. The quantitative estimate of drug-likeness (QED) is 0.765. The van der Waals surface area contributed by atoms with Crippen LogP contribution in [0.15, 0.2) is 53.5 Å². The Morgan fingerprint density at radius 3 is 2.45 bits per heavy atom. The molecule has 1 aromatic carbocycles. The number of aromatic nitrogens is 3. The van der Waals surface area contributed by atoms with E-state index in [0.717, 1.165) is 22.4 Å². The summed E-state index contributed by atoms with van der Waals surface area (Å²) in [5, 5.41) is 5.35. The van der Waals surface area contributed by atoms with Crippen LogP contribution in [0.1, 0.15) is 0 Å². The van der Waals surface area contributed by atoms with Crippen LogP contribution in [0.5, 0.6) is 5.88 Å². The summed E-state index contributed by atoms with van der Waals surface area (Å²) in [5.74, 6) is 0.593. The lowest BCUT2D eigenvalue weighted by Crippen LogP contribution is -1.93. The normalized spacial score (nSPS) is 10.4. The minimum Gasteiger partial charge on any atom is -0.481 e. The predicted molar refractivity (Wildman–Crippen MR) is 76.6 cm³/mol. The van der Waals surface area contributed by atoms with Crippen LogP contribution in [0.25, 0.3) is 22.4 Å². The van der Waals surface area contributed by atoms with E-state index in [1.165, 1.54) is 6.07 Å². The highest BCUT2D eigenvalue weighted by Gasteiger charge is 2.07. The van der Waals surface area contributed by atoms with Crippen molar-refractivity contribution >= 4 is 0 Å². The van der Waals surface area contributed by atoms with Crippen molar-refractivity contribution in [3.8, 4) is 28.3 Å². The predicted octanol–water partition coefficient (Wildman–Crippen LogP) is 2.44. The Bertz CT molecular complexity index is 772. The number of hydrogen-bond acceptors (Lipinski definition) is 3. The monoisotopic (exact) mass is 267 g/mol. The molecule has 5 heteroatoms. The number of H-pyrrole nitrogens is 2. The highest BCUT2D eigenvalue weighted by molar-refractivity contribution is 5.71. The largest absolute Gasteiger partial charge is 0.481 e. The van der Waals surface area contributed by atoms with Gasteiger partial charge in [-0.2, -0.15) is 0 Å². The zero-order valence-corrected chi connectivity index (χ0v) is 10.9. The van der Waals surface area contributed by atoms with Crippen LogP contribution in [0.2, 0.25) is 0 Å². The van der Waals surface area contributed by atoms with E-state index < -0.39 is 0 Å². The first-order valence-corrected chi connectivity index (χ1v) is 6.15. The average Bonchev–Trinajstić information content (AvgIpc) is 2.94. The van der Waals surface area contributed by atoms with Gasteiger partial charge in [0.1, 0.15) is 0 Å². The van der Waals surface area contributed by atoms with Crippen molar-refractivity contribution in [2.75, 3.05) is 7.11 Å². The number of nitrogens with zero attached hydrogens (tertiary/aromatic N) is 1. The Balaban J connectivity index is 1.99. The van der Waals surface area contributed by atoms with Crippen molar-refractivity contribution in [2.24, 2.45) is 0 Å². The molecule has 0 spiro atoms. The molecule has 0 aliphatic carbocycles. The maximum atomic E-state index is 11.1. The van der Waals surface area contributed by atoms with E-state index in [1.807, 2.05) is 36.4 Å². The first-order chi connectivity index (χ1) is 9.78. The smallest absolute Gasteiger partial charge is 0.264 e. The summed E-state index contributed by atoms with van der Waals surface area (Å²) in [5.41, 5.74) is 3.51. The maximum absolute atomic E-state index is 11.1. The SMILES string of the molecule is COc1ncccc1-c1ccc(-c2cc(=O)[nH][nH]2)cc1. The van der Waals surface area contributed by atoms with Crippen molar-refractivity contribution in [3.05, 3.63) is 59.0 Å². The van der Waals surface area contributed by atoms with Crippen molar-refractivity contribution < 1.29 is 4.74 Å². The van der Waals surface area contributed by atoms with Crippen molar-refractivity contribution in [1.29, 1.82) is 0 Å². The first kappa shape index (κ1) is 12.2. The molecular formula is C15H13N3O2. The van der Waals surface area contributed by atoms with Crippen LogP contribution in [0.3, 0.4) is 0 Å². The Morgan fingerprint density at radius 1 is 1.05 bits per heavy atom. The molecule has 0 unspecified atom stereocenters. The van der Waals surface area contributed by atoms with E-state index in [1.54, 1.807) is 13.3 Å². The Labute approximate surface area is 115 Å². The van der Waals surface area contributed by atoms with E-state index >= 15 is 0 Å². The lowest BCUT2D eigenvalue weighted by molar-refractivity contribution is 0.399. The molecular weight excluding hydrogens is 254 g/mol. The molecule has 20 heavy (non-hydrogen) atoms. The van der Waals surface area contributed by atoms with Gasteiger partial charge >= 0.3 is 0 Å². The molecule has 2 N–H and O–H groups in total. The van der Waals surface area contributed by atoms with Gasteiger partial charge in [0.15, 0.2) is 0 Å². The number of ether oxygens (including phenoxy) is 1. The molecule has 3 aromatic rings. The van der Waals surface area contributed by atoms with Gasteiger partial charge in [0.25, 0.3) is 5.56 Å². The minimum atomic E-state index is -0.141. The van der Waals surface area contributed by atoms with Gasteiger partial charge < -0.3 is 4.74 Å². The number of nitrogens with one attached hydrogen (secondary N) is 2. The van der Waals surface area contributed by atoms with Crippen LogP contribution in [0, 0.1) is 0 Å². The Hall–Kier alpha value is -2.82. The number of aromatic amines is 2. The molecule has 0 fully saturated rings. The maximum Gasteiger partial charge on any atom is 0.264 e. The first-order valence-electron chi connectivity index (χ1n) is 6.15. The molecule has 0 amide bonds. The molecule has 0 aliphatic rings. The van der Waals surface area contributed by atoms with E-state index in [0.29, 0.717) is 5.88 Å². The molecule has 2 aromatic heterocycles. The summed E-state index contributed by atoms with van der Waals surface area (Å²) in [7, 11) is 1.60. The summed E-state index contributed by atoms with van der Waals surface area (Å²) < 4.78 is 5.25. The molecule has 3 rings (SSSR count). The number of methoxy groups -OCH3 is 1. The second-order valence-corrected chi connectivity index (χ2v) is 4.31. The molecule has 0 aliphatic heterocycles. The fraction of sp³-hybridized carbons (Fsp3) is 0.0667. The minimum absolute atomic E-state index is 0.141. The fourth-order valence-electron chi connectivity index (χ4n) is 2.09. The van der Waals surface area contributed by atoms with Crippen molar-refractivity contribution in [2.45, 2.75) is 0 Å². The van der Waals surface area contributed by atoms with Crippen LogP contribution >= 0.6 is 0 Å². The third-order valence-electron chi connectivity index (χ3n) is 3.07. The van der Waals surface area contributed by atoms with Gasteiger partial charge in [0, 0.05) is 17.8 Å². The molecule has 2 heterocycles. The molecule has 0 radical (unpaired) electrons. The number of pyridine rings is 1. The zero-order chi connectivity index (χ0) is 13.9. The number of rotatable bonds is 3. The van der Waals surface area contributed by atoms with Crippen LogP contribution in [-0.2, 0) is 0 Å². The molecule has 5 nitrogen and oxygen atoms in total. The summed E-state index contributed by atoms with van der Waals surface area (Å²) in [6.07, 6.45) is 1.70. The Kier molecular flexibility index (Phi) is 3.09. The van der Waals surface area contributed by atoms with Crippen LogP contribution in [0.4, 0.5) is 0 Å². The van der Waals surface area contributed by atoms with Crippen molar-refractivity contribution in [3.63, 3.8) is 0 Å². The second kappa shape index (κ2) is 5.05. The molecule has 0 atom stereocenters. The topological polar surface area (TPSA) is 70.8 Å². The number of hydrogen-bond donors (Lipinski definition) is 2. The van der Waals surface area contributed by atoms with Crippen molar-refractivity contribution in [1.82, 2.24) is 15.2 Å². The van der Waals surface area contributed by atoms with E-state index in [-0.39, 0.29) is 5.56 Å². The van der Waals surface area contributed by atoms with Gasteiger partial charge in [-0.05, 0) is 23.3 Å². The van der Waals surface area contributed by atoms with Crippen LogP contribution in [-0.4, -0.2) is 22.3 Å². The van der Waals surface area contributed by atoms with E-state index in [4.69, 9.17) is 4.74 Å².